The Morgan fingerprint density at radius 3 is 1.38 bits per heavy atom. The first-order valence-electron chi connectivity index (χ1n) is 6.16. The predicted molar refractivity (Wildman–Crippen MR) is 95.6 cm³/mol. The van der Waals surface area contributed by atoms with Gasteiger partial charge in [-0.05, 0) is 24.3 Å². The average Bonchev–Trinajstić information content (AvgIpc) is 2.53. The zero-order chi connectivity index (χ0) is 17.7. The Hall–Kier alpha value is -2.22. The average molecular weight is 400 g/mol. The van der Waals surface area contributed by atoms with E-state index in [4.69, 9.17) is 56.9 Å². The molecule has 0 atom stereocenters. The topological polar surface area (TPSA) is 96.4 Å². The first kappa shape index (κ1) is 18.1. The summed E-state index contributed by atoms with van der Waals surface area (Å²) in [5, 5.41) is 31.0. The largest absolute Gasteiger partial charge is 0.291 e. The minimum atomic E-state index is 0.242. The molecule has 0 aromatic heterocycles. The van der Waals surface area contributed by atoms with Crippen LogP contribution in [0.2, 0.25) is 20.1 Å². The van der Waals surface area contributed by atoms with Crippen molar-refractivity contribution in [2.24, 2.45) is 10.2 Å². The fraction of sp³-hybridized carbons (Fsp3) is 0. The second-order valence-corrected chi connectivity index (χ2v) is 5.87. The summed E-state index contributed by atoms with van der Waals surface area (Å²) in [7, 11) is 0. The maximum absolute atomic E-state index is 8.62. The quantitative estimate of drug-likeness (QED) is 0.348. The minimum absolute atomic E-state index is 0.242. The second kappa shape index (κ2) is 8.05. The van der Waals surface area contributed by atoms with Crippen LogP contribution >= 0.6 is 46.4 Å². The summed E-state index contributed by atoms with van der Waals surface area (Å²) in [5.41, 5.74) is 1.29. The van der Waals surface area contributed by atoms with Crippen molar-refractivity contribution in [3.63, 3.8) is 0 Å². The number of azo groups is 1. The van der Waals surface area contributed by atoms with Crippen LogP contribution in [0.5, 0.6) is 0 Å². The van der Waals surface area contributed by atoms with Crippen LogP contribution < -0.4 is 10.6 Å². The third-order valence-electron chi connectivity index (χ3n) is 2.72. The smallest absolute Gasteiger partial charge is 0.181 e. The summed E-state index contributed by atoms with van der Waals surface area (Å²) in [4.78, 5) is 0. The molecule has 0 fully saturated rings. The molecule has 0 aliphatic rings. The predicted octanol–water partition coefficient (Wildman–Crippen LogP) is 6.50. The third kappa shape index (κ3) is 4.19. The zero-order valence-electron chi connectivity index (χ0n) is 11.6. The molecule has 0 spiro atoms. The molecule has 0 saturated heterocycles. The molecular weight excluding hydrogens is 394 g/mol. The lowest BCUT2D eigenvalue weighted by Gasteiger charge is -2.06. The van der Waals surface area contributed by atoms with E-state index in [1.165, 1.54) is 24.3 Å². The Morgan fingerprint density at radius 1 is 0.667 bits per heavy atom. The maximum atomic E-state index is 8.62. The lowest BCUT2D eigenvalue weighted by molar-refractivity contribution is 1.23. The Bertz CT molecular complexity index is 824. The van der Waals surface area contributed by atoms with Crippen LogP contribution in [0.25, 0.3) is 0 Å². The lowest BCUT2D eigenvalue weighted by Crippen LogP contribution is -1.88. The molecule has 0 aliphatic heterocycles. The molecule has 6 nitrogen and oxygen atoms in total. The van der Waals surface area contributed by atoms with Gasteiger partial charge in [-0.25, -0.2) is 0 Å². The summed E-state index contributed by atoms with van der Waals surface area (Å²) in [6.07, 6.45) is 3.50. The van der Waals surface area contributed by atoms with E-state index in [0.29, 0.717) is 11.4 Å². The molecule has 0 heterocycles. The van der Waals surface area contributed by atoms with Crippen molar-refractivity contribution in [3.8, 4) is 12.4 Å². The Morgan fingerprint density at radius 2 is 1.04 bits per heavy atom. The highest BCUT2D eigenvalue weighted by molar-refractivity contribution is 6.37. The molecule has 10 heteroatoms. The normalized spacial score (nSPS) is 10.2. The van der Waals surface area contributed by atoms with Crippen LogP contribution in [-0.2, 0) is 0 Å². The summed E-state index contributed by atoms with van der Waals surface area (Å²) in [5.74, 6) is 0. The van der Waals surface area contributed by atoms with Crippen LogP contribution in [0, 0.1) is 22.9 Å². The second-order valence-electron chi connectivity index (χ2n) is 4.24. The molecule has 0 amide bonds. The van der Waals surface area contributed by atoms with Gasteiger partial charge in [-0.15, -0.1) is 10.2 Å². The van der Waals surface area contributed by atoms with Gasteiger partial charge in [-0.1, -0.05) is 46.4 Å². The lowest BCUT2D eigenvalue weighted by atomic mass is 10.2. The van der Waals surface area contributed by atoms with Crippen LogP contribution in [0.4, 0.5) is 22.7 Å². The van der Waals surface area contributed by atoms with Crippen molar-refractivity contribution in [2.75, 3.05) is 10.6 Å². The maximum Gasteiger partial charge on any atom is 0.181 e. The van der Waals surface area contributed by atoms with E-state index in [1.54, 1.807) is 12.4 Å². The van der Waals surface area contributed by atoms with Gasteiger partial charge >= 0.3 is 0 Å². The van der Waals surface area contributed by atoms with Crippen LogP contribution in [0.3, 0.4) is 0 Å². The summed E-state index contributed by atoms with van der Waals surface area (Å²) in [6, 6.07) is 5.81. The molecule has 0 aliphatic carbocycles. The monoisotopic (exact) mass is 398 g/mol. The molecule has 0 bridgehead atoms. The molecule has 0 radical (unpaired) electrons. The summed E-state index contributed by atoms with van der Waals surface area (Å²) >= 11 is 24.2. The van der Waals surface area contributed by atoms with E-state index in [0.717, 1.165) is 0 Å². The molecule has 2 aromatic carbocycles. The van der Waals surface area contributed by atoms with Crippen molar-refractivity contribution >= 4 is 69.2 Å². The molecule has 2 aromatic rings. The molecule has 24 heavy (non-hydrogen) atoms. The van der Waals surface area contributed by atoms with Crippen LogP contribution in [-0.4, -0.2) is 0 Å². The van der Waals surface area contributed by atoms with Gasteiger partial charge < -0.3 is 0 Å². The van der Waals surface area contributed by atoms with E-state index < -0.39 is 0 Å². The molecular formula is C14H6Cl4N6. The highest BCUT2D eigenvalue weighted by atomic mass is 35.5. The standard InChI is InChI=1S/C14H6Cl4N6/c15-7-3-13(9(17)1-11(7)21-5-19)23-24-14-4-8(16)12(22-6-20)2-10(14)18/h1-4,21-22H. The number of hydrogen-bond donors (Lipinski definition) is 2. The van der Waals surface area contributed by atoms with Gasteiger partial charge in [0.1, 0.15) is 11.4 Å². The number of benzene rings is 2. The van der Waals surface area contributed by atoms with E-state index in [2.05, 4.69) is 20.9 Å². The number of anilines is 2. The number of nitriles is 2. The van der Waals surface area contributed by atoms with Crippen molar-refractivity contribution < 1.29 is 0 Å². The molecule has 0 unspecified atom stereocenters. The first-order valence-corrected chi connectivity index (χ1v) is 7.67. The highest BCUT2D eigenvalue weighted by Gasteiger charge is 2.09. The zero-order valence-corrected chi connectivity index (χ0v) is 14.6. The highest BCUT2D eigenvalue weighted by Crippen LogP contribution is 2.38. The van der Waals surface area contributed by atoms with Gasteiger partial charge in [0.25, 0.3) is 0 Å². The van der Waals surface area contributed by atoms with Gasteiger partial charge in [0.15, 0.2) is 12.4 Å². The van der Waals surface area contributed by atoms with Crippen molar-refractivity contribution in [1.29, 1.82) is 10.5 Å². The van der Waals surface area contributed by atoms with E-state index >= 15 is 0 Å². The minimum Gasteiger partial charge on any atom is -0.291 e. The van der Waals surface area contributed by atoms with Gasteiger partial charge in [0, 0.05) is 0 Å². The van der Waals surface area contributed by atoms with Crippen LogP contribution in [0.1, 0.15) is 0 Å². The van der Waals surface area contributed by atoms with Crippen molar-refractivity contribution in [1.82, 2.24) is 0 Å². The van der Waals surface area contributed by atoms with Gasteiger partial charge in [0.2, 0.25) is 0 Å². The first-order chi connectivity index (χ1) is 11.5. The van der Waals surface area contributed by atoms with E-state index in [9.17, 15) is 0 Å². The number of hydrogen-bond acceptors (Lipinski definition) is 6. The third-order valence-corrected chi connectivity index (χ3v) is 3.95. The van der Waals surface area contributed by atoms with Crippen molar-refractivity contribution in [3.05, 3.63) is 44.4 Å². The number of halogens is 4. The van der Waals surface area contributed by atoms with Gasteiger partial charge in [-0.2, -0.15) is 10.5 Å². The Labute approximate surface area is 157 Å². The van der Waals surface area contributed by atoms with E-state index in [-0.39, 0.29) is 31.5 Å². The van der Waals surface area contributed by atoms with Gasteiger partial charge in [-0.3, -0.25) is 10.6 Å². The van der Waals surface area contributed by atoms with Crippen molar-refractivity contribution in [2.45, 2.75) is 0 Å². The number of rotatable bonds is 4. The molecule has 2 N–H and O–H groups in total. The Kier molecular flexibility index (Phi) is 6.08. The van der Waals surface area contributed by atoms with Crippen LogP contribution in [0.15, 0.2) is 34.5 Å². The fourth-order valence-corrected chi connectivity index (χ4v) is 2.46. The molecule has 120 valence electrons. The number of nitrogens with zero attached hydrogens (tertiary/aromatic N) is 4. The van der Waals surface area contributed by atoms with E-state index in [1.807, 2.05) is 0 Å². The SMILES string of the molecule is N#CNc1cc(Cl)c(N=Nc2cc(Cl)c(NC#N)cc2Cl)cc1Cl. The van der Waals surface area contributed by atoms with Gasteiger partial charge in [0.05, 0.1) is 31.5 Å². The molecule has 0 saturated carbocycles. The summed E-state index contributed by atoms with van der Waals surface area (Å²) < 4.78 is 0. The molecule has 2 rings (SSSR count). The Balaban J connectivity index is 2.35. The number of nitrogens with one attached hydrogen (secondary N) is 2. The summed E-state index contributed by atoms with van der Waals surface area (Å²) in [6.45, 7) is 0. The fourth-order valence-electron chi connectivity index (χ4n) is 1.65.